The molecule has 0 radical (unpaired) electrons. The number of hydrogen-bond donors (Lipinski definition) is 0. The van der Waals surface area contributed by atoms with Crippen molar-refractivity contribution < 1.29 is 14.3 Å². The molecule has 0 aliphatic heterocycles. The fraction of sp³-hybridized carbons (Fsp3) is 0.533. The standard InChI is InChI=1S/C15H22O3/c1-3-5-6-7-8-13-9-11-14(12-10-13)18-15(16)17-4-2/h9-12H,3-8H2,1-2H3. The first-order chi connectivity index (χ1) is 8.76. The van der Waals surface area contributed by atoms with Crippen molar-refractivity contribution in [2.24, 2.45) is 0 Å². The molecule has 1 aromatic carbocycles. The number of ether oxygens (including phenoxy) is 2. The van der Waals surface area contributed by atoms with Crippen molar-refractivity contribution in [3.63, 3.8) is 0 Å². The van der Waals surface area contributed by atoms with E-state index in [4.69, 9.17) is 9.47 Å². The highest BCUT2D eigenvalue weighted by Gasteiger charge is 2.04. The zero-order valence-corrected chi connectivity index (χ0v) is 11.3. The summed E-state index contributed by atoms with van der Waals surface area (Å²) in [6.45, 7) is 4.29. The number of carbonyl (C=O) groups excluding carboxylic acids is 1. The number of unbranched alkanes of at least 4 members (excludes halogenated alkanes) is 3. The summed E-state index contributed by atoms with van der Waals surface area (Å²) in [5, 5.41) is 0. The summed E-state index contributed by atoms with van der Waals surface area (Å²) in [6.07, 6.45) is 5.48. The third-order valence-corrected chi connectivity index (χ3v) is 2.71. The summed E-state index contributed by atoms with van der Waals surface area (Å²) in [6, 6.07) is 7.62. The van der Waals surface area contributed by atoms with Gasteiger partial charge in [-0.25, -0.2) is 4.79 Å². The van der Waals surface area contributed by atoms with Crippen LogP contribution in [0.5, 0.6) is 5.75 Å². The van der Waals surface area contributed by atoms with E-state index in [1.807, 2.05) is 24.3 Å². The first-order valence-electron chi connectivity index (χ1n) is 6.69. The van der Waals surface area contributed by atoms with Crippen LogP contribution in [0.25, 0.3) is 0 Å². The van der Waals surface area contributed by atoms with Gasteiger partial charge in [0.2, 0.25) is 0 Å². The highest BCUT2D eigenvalue weighted by molar-refractivity contribution is 5.63. The average molecular weight is 250 g/mol. The van der Waals surface area contributed by atoms with E-state index in [-0.39, 0.29) is 0 Å². The minimum Gasteiger partial charge on any atom is -0.434 e. The molecule has 1 aromatic rings. The molecule has 0 heterocycles. The van der Waals surface area contributed by atoms with Gasteiger partial charge in [-0.05, 0) is 37.5 Å². The number of benzene rings is 1. The van der Waals surface area contributed by atoms with E-state index in [0.717, 1.165) is 6.42 Å². The van der Waals surface area contributed by atoms with Gasteiger partial charge in [-0.2, -0.15) is 0 Å². The fourth-order valence-electron chi connectivity index (χ4n) is 1.72. The molecule has 0 fully saturated rings. The highest BCUT2D eigenvalue weighted by atomic mass is 16.7. The van der Waals surface area contributed by atoms with Crippen LogP contribution in [0.3, 0.4) is 0 Å². The molecule has 0 aromatic heterocycles. The molecule has 0 saturated carbocycles. The van der Waals surface area contributed by atoms with Gasteiger partial charge >= 0.3 is 6.16 Å². The molecular weight excluding hydrogens is 228 g/mol. The lowest BCUT2D eigenvalue weighted by Crippen LogP contribution is -2.09. The van der Waals surface area contributed by atoms with E-state index in [2.05, 4.69) is 6.92 Å². The molecule has 0 aliphatic rings. The van der Waals surface area contributed by atoms with Crippen LogP contribution in [0.2, 0.25) is 0 Å². The smallest absolute Gasteiger partial charge is 0.434 e. The largest absolute Gasteiger partial charge is 0.513 e. The van der Waals surface area contributed by atoms with Crippen LogP contribution in [0.15, 0.2) is 24.3 Å². The van der Waals surface area contributed by atoms with Gasteiger partial charge in [-0.15, -0.1) is 0 Å². The first-order valence-corrected chi connectivity index (χ1v) is 6.69. The van der Waals surface area contributed by atoms with Gasteiger partial charge in [0.15, 0.2) is 0 Å². The Labute approximate surface area is 109 Å². The van der Waals surface area contributed by atoms with Crippen molar-refractivity contribution in [3.05, 3.63) is 29.8 Å². The van der Waals surface area contributed by atoms with Gasteiger partial charge in [-0.3, -0.25) is 0 Å². The zero-order chi connectivity index (χ0) is 13.2. The van der Waals surface area contributed by atoms with Gasteiger partial charge in [0.1, 0.15) is 5.75 Å². The molecule has 100 valence electrons. The Balaban J connectivity index is 2.35. The minimum absolute atomic E-state index is 0.328. The van der Waals surface area contributed by atoms with Crippen LogP contribution >= 0.6 is 0 Å². The van der Waals surface area contributed by atoms with E-state index < -0.39 is 6.16 Å². The lowest BCUT2D eigenvalue weighted by Gasteiger charge is -2.05. The molecule has 3 heteroatoms. The third kappa shape index (κ3) is 5.71. The number of aryl methyl sites for hydroxylation is 1. The summed E-state index contributed by atoms with van der Waals surface area (Å²) in [7, 11) is 0. The lowest BCUT2D eigenvalue weighted by molar-refractivity contribution is 0.104. The van der Waals surface area contributed by atoms with Crippen molar-refractivity contribution in [2.75, 3.05) is 6.61 Å². The molecule has 0 aliphatic carbocycles. The molecular formula is C15H22O3. The van der Waals surface area contributed by atoms with Gasteiger partial charge in [0, 0.05) is 0 Å². The molecule has 18 heavy (non-hydrogen) atoms. The van der Waals surface area contributed by atoms with Gasteiger partial charge < -0.3 is 9.47 Å². The van der Waals surface area contributed by atoms with Gasteiger partial charge in [-0.1, -0.05) is 38.3 Å². The molecule has 3 nitrogen and oxygen atoms in total. The molecule has 0 saturated heterocycles. The average Bonchev–Trinajstić information content (AvgIpc) is 2.37. The van der Waals surface area contributed by atoms with Crippen LogP contribution in [0.4, 0.5) is 4.79 Å². The van der Waals surface area contributed by atoms with Crippen LogP contribution in [0, 0.1) is 0 Å². The molecule has 0 spiro atoms. The lowest BCUT2D eigenvalue weighted by atomic mass is 10.1. The van der Waals surface area contributed by atoms with Crippen molar-refractivity contribution in [2.45, 2.75) is 46.0 Å². The first kappa shape index (κ1) is 14.6. The Morgan fingerprint density at radius 2 is 1.78 bits per heavy atom. The summed E-state index contributed by atoms with van der Waals surface area (Å²) in [5.41, 5.74) is 1.28. The Morgan fingerprint density at radius 3 is 2.39 bits per heavy atom. The second kappa shape index (κ2) is 8.56. The second-order valence-corrected chi connectivity index (χ2v) is 4.24. The molecule has 0 amide bonds. The molecule has 1 rings (SSSR count). The van der Waals surface area contributed by atoms with E-state index in [1.54, 1.807) is 6.92 Å². The topological polar surface area (TPSA) is 35.5 Å². The maximum Gasteiger partial charge on any atom is 0.513 e. The highest BCUT2D eigenvalue weighted by Crippen LogP contribution is 2.15. The summed E-state index contributed by atoms with van der Waals surface area (Å²) in [4.78, 5) is 11.1. The van der Waals surface area contributed by atoms with Crippen molar-refractivity contribution in [1.29, 1.82) is 0 Å². The SMILES string of the molecule is CCCCCCc1ccc(OC(=O)OCC)cc1. The van der Waals surface area contributed by atoms with E-state index in [9.17, 15) is 4.79 Å². The van der Waals surface area contributed by atoms with Crippen molar-refractivity contribution in [3.8, 4) is 5.75 Å². The van der Waals surface area contributed by atoms with Gasteiger partial charge in [0.05, 0.1) is 6.61 Å². The fourth-order valence-corrected chi connectivity index (χ4v) is 1.72. The Hall–Kier alpha value is -1.51. The Kier molecular flexibility index (Phi) is 6.92. The van der Waals surface area contributed by atoms with Crippen LogP contribution in [0.1, 0.15) is 45.1 Å². The van der Waals surface area contributed by atoms with Crippen LogP contribution in [-0.4, -0.2) is 12.8 Å². The maximum atomic E-state index is 11.1. The molecule has 0 atom stereocenters. The van der Waals surface area contributed by atoms with Crippen LogP contribution in [-0.2, 0) is 11.2 Å². The summed E-state index contributed by atoms with van der Waals surface area (Å²) in [5.74, 6) is 0.533. The van der Waals surface area contributed by atoms with Crippen molar-refractivity contribution >= 4 is 6.16 Å². The normalized spacial score (nSPS) is 10.1. The number of rotatable bonds is 7. The van der Waals surface area contributed by atoms with E-state index in [0.29, 0.717) is 12.4 Å². The second-order valence-electron chi connectivity index (χ2n) is 4.24. The molecule has 0 unspecified atom stereocenters. The van der Waals surface area contributed by atoms with Crippen molar-refractivity contribution in [1.82, 2.24) is 0 Å². The zero-order valence-electron chi connectivity index (χ0n) is 11.3. The quantitative estimate of drug-likeness (QED) is 0.410. The maximum absolute atomic E-state index is 11.1. The number of hydrogen-bond acceptors (Lipinski definition) is 3. The predicted molar refractivity (Wildman–Crippen MR) is 71.9 cm³/mol. The Morgan fingerprint density at radius 1 is 1.06 bits per heavy atom. The third-order valence-electron chi connectivity index (χ3n) is 2.71. The predicted octanol–water partition coefficient (Wildman–Crippen LogP) is 4.34. The minimum atomic E-state index is -0.645. The van der Waals surface area contributed by atoms with Gasteiger partial charge in [0.25, 0.3) is 0 Å². The Bertz CT molecular complexity index is 343. The monoisotopic (exact) mass is 250 g/mol. The summed E-state index contributed by atoms with van der Waals surface area (Å²) < 4.78 is 9.70. The van der Waals surface area contributed by atoms with Crippen LogP contribution < -0.4 is 4.74 Å². The van der Waals surface area contributed by atoms with E-state index in [1.165, 1.54) is 31.2 Å². The molecule has 0 bridgehead atoms. The van der Waals surface area contributed by atoms with E-state index >= 15 is 0 Å². The number of carbonyl (C=O) groups is 1. The summed E-state index contributed by atoms with van der Waals surface area (Å²) >= 11 is 0. The molecule has 0 N–H and O–H groups in total.